The van der Waals surface area contributed by atoms with Crippen LogP contribution in [0.1, 0.15) is 11.1 Å². The van der Waals surface area contributed by atoms with Gasteiger partial charge in [0.25, 0.3) is 0 Å². The highest BCUT2D eigenvalue weighted by Crippen LogP contribution is 2.43. The standard InChI is InChI=1S/C22H18N2S6/c25-19-17(29-21(27)23(19)13-11-15-7-3-1-4-8-15)18-20(26)24(22(28)30-18)14-12-16-9-5-2-6-10-16/h1-10H,11-14H2/b18-17+. The molecule has 4 rings (SSSR count). The summed E-state index contributed by atoms with van der Waals surface area (Å²) in [6, 6.07) is 20.8. The quantitative estimate of drug-likeness (QED) is 0.346. The smallest absolute Gasteiger partial charge is 0.146 e. The molecule has 2 aliphatic heterocycles. The first kappa shape index (κ1) is 22.0. The highest BCUT2D eigenvalue weighted by molar-refractivity contribution is 8.30. The molecule has 0 aromatic heterocycles. The lowest BCUT2D eigenvalue weighted by molar-refractivity contribution is 0.637. The van der Waals surface area contributed by atoms with Crippen LogP contribution in [0.15, 0.2) is 70.5 Å². The van der Waals surface area contributed by atoms with Crippen molar-refractivity contribution < 1.29 is 0 Å². The molecule has 0 radical (unpaired) electrons. The number of thiocarbonyl (C=S) groups is 4. The Morgan fingerprint density at radius 1 is 0.567 bits per heavy atom. The lowest BCUT2D eigenvalue weighted by Gasteiger charge is -2.17. The average molecular weight is 503 g/mol. The van der Waals surface area contributed by atoms with Crippen LogP contribution in [-0.2, 0) is 12.8 Å². The van der Waals surface area contributed by atoms with Crippen LogP contribution in [0.25, 0.3) is 0 Å². The van der Waals surface area contributed by atoms with Crippen molar-refractivity contribution in [3.63, 3.8) is 0 Å². The minimum absolute atomic E-state index is 0.762. The molecule has 0 amide bonds. The molecular weight excluding hydrogens is 485 g/mol. The van der Waals surface area contributed by atoms with Gasteiger partial charge < -0.3 is 9.80 Å². The van der Waals surface area contributed by atoms with Crippen LogP contribution in [0, 0.1) is 0 Å². The molecule has 2 fully saturated rings. The molecule has 2 aliphatic rings. The van der Waals surface area contributed by atoms with Crippen molar-refractivity contribution in [3.05, 3.63) is 81.6 Å². The molecule has 2 saturated heterocycles. The molecule has 30 heavy (non-hydrogen) atoms. The number of benzene rings is 2. The van der Waals surface area contributed by atoms with Gasteiger partial charge in [-0.15, -0.1) is 0 Å². The van der Waals surface area contributed by atoms with E-state index >= 15 is 0 Å². The third-order valence-corrected chi connectivity index (χ3v) is 9.01. The van der Waals surface area contributed by atoms with E-state index in [1.807, 2.05) is 21.9 Å². The third-order valence-electron chi connectivity index (χ3n) is 4.84. The first-order valence-electron chi connectivity index (χ1n) is 9.44. The Labute approximate surface area is 207 Å². The van der Waals surface area contributed by atoms with E-state index in [1.165, 1.54) is 34.7 Å². The molecule has 0 aliphatic carbocycles. The van der Waals surface area contributed by atoms with Gasteiger partial charge in [-0.25, -0.2) is 0 Å². The molecule has 8 heteroatoms. The van der Waals surface area contributed by atoms with Crippen molar-refractivity contribution in [2.45, 2.75) is 12.8 Å². The fraction of sp³-hybridized carbons (Fsp3) is 0.182. The zero-order valence-corrected chi connectivity index (χ0v) is 20.8. The van der Waals surface area contributed by atoms with E-state index in [1.54, 1.807) is 0 Å². The largest absolute Gasteiger partial charge is 0.317 e. The molecule has 0 N–H and O–H groups in total. The molecule has 2 aromatic carbocycles. The summed E-state index contributed by atoms with van der Waals surface area (Å²) in [5.74, 6) is 0. The summed E-state index contributed by atoms with van der Waals surface area (Å²) in [5, 5.41) is 0. The molecule has 2 aromatic rings. The number of thioether (sulfide) groups is 2. The fourth-order valence-corrected chi connectivity index (χ4v) is 7.23. The number of hydrogen-bond donors (Lipinski definition) is 0. The second kappa shape index (κ2) is 9.97. The monoisotopic (exact) mass is 502 g/mol. The van der Waals surface area contributed by atoms with Gasteiger partial charge in [0.15, 0.2) is 0 Å². The Bertz CT molecular complexity index is 949. The van der Waals surface area contributed by atoms with Gasteiger partial charge in [0.05, 0.1) is 9.81 Å². The van der Waals surface area contributed by atoms with E-state index in [9.17, 15) is 0 Å². The van der Waals surface area contributed by atoms with Crippen molar-refractivity contribution in [1.82, 2.24) is 9.80 Å². The van der Waals surface area contributed by atoms with E-state index in [0.717, 1.165) is 54.4 Å². The van der Waals surface area contributed by atoms with Gasteiger partial charge >= 0.3 is 0 Å². The van der Waals surface area contributed by atoms with Crippen LogP contribution >= 0.6 is 72.4 Å². The summed E-state index contributed by atoms with van der Waals surface area (Å²) in [6.45, 7) is 1.54. The molecule has 0 atom stereocenters. The first-order chi connectivity index (χ1) is 14.5. The van der Waals surface area contributed by atoms with Gasteiger partial charge in [-0.05, 0) is 24.0 Å². The minimum atomic E-state index is 0.762. The molecule has 0 unspecified atom stereocenters. The second-order valence-electron chi connectivity index (χ2n) is 6.78. The Kier molecular flexibility index (Phi) is 7.33. The van der Waals surface area contributed by atoms with Crippen molar-refractivity contribution >= 4 is 91.0 Å². The van der Waals surface area contributed by atoms with Crippen molar-refractivity contribution in [1.29, 1.82) is 0 Å². The highest BCUT2D eigenvalue weighted by atomic mass is 32.2. The summed E-state index contributed by atoms with van der Waals surface area (Å²) in [5.41, 5.74) is 2.54. The Morgan fingerprint density at radius 2 is 0.933 bits per heavy atom. The van der Waals surface area contributed by atoms with Gasteiger partial charge in [0, 0.05) is 13.1 Å². The number of hydrogen-bond acceptors (Lipinski definition) is 6. The maximum atomic E-state index is 5.79. The zero-order valence-electron chi connectivity index (χ0n) is 15.9. The summed E-state index contributed by atoms with van der Waals surface area (Å²) < 4.78 is 1.57. The van der Waals surface area contributed by atoms with E-state index in [0.29, 0.717) is 0 Å². The lowest BCUT2D eigenvalue weighted by atomic mass is 10.1. The van der Waals surface area contributed by atoms with Gasteiger partial charge in [-0.2, -0.15) is 0 Å². The third kappa shape index (κ3) is 4.84. The Balaban J connectivity index is 1.46. The van der Waals surface area contributed by atoms with Crippen molar-refractivity contribution in [2.24, 2.45) is 0 Å². The summed E-state index contributed by atoms with van der Waals surface area (Å²) >= 11 is 25.9. The van der Waals surface area contributed by atoms with Crippen LogP contribution in [0.2, 0.25) is 0 Å². The second-order valence-corrected chi connectivity index (χ2v) is 10.8. The van der Waals surface area contributed by atoms with Crippen LogP contribution in [0.3, 0.4) is 0 Å². The van der Waals surface area contributed by atoms with Gasteiger partial charge in [0.2, 0.25) is 0 Å². The van der Waals surface area contributed by atoms with Crippen LogP contribution in [0.5, 0.6) is 0 Å². The normalized spacial score (nSPS) is 19.3. The summed E-state index contributed by atoms with van der Waals surface area (Å²) in [6.07, 6.45) is 1.78. The predicted molar refractivity (Wildman–Crippen MR) is 146 cm³/mol. The zero-order chi connectivity index (χ0) is 21.1. The molecule has 152 valence electrons. The van der Waals surface area contributed by atoms with Crippen molar-refractivity contribution in [2.75, 3.05) is 13.1 Å². The Hall–Kier alpha value is -1.16. The average Bonchev–Trinajstić information content (AvgIpc) is 3.20. The highest BCUT2D eigenvalue weighted by Gasteiger charge is 2.37. The van der Waals surface area contributed by atoms with Crippen molar-refractivity contribution in [3.8, 4) is 0 Å². The van der Waals surface area contributed by atoms with E-state index < -0.39 is 0 Å². The maximum absolute atomic E-state index is 5.79. The van der Waals surface area contributed by atoms with Gasteiger partial charge in [-0.1, -0.05) is 133 Å². The van der Waals surface area contributed by atoms with E-state index in [2.05, 4.69) is 48.5 Å². The fourth-order valence-electron chi connectivity index (χ4n) is 3.23. The summed E-state index contributed by atoms with van der Waals surface area (Å²) in [4.78, 5) is 7.56. The summed E-state index contributed by atoms with van der Waals surface area (Å²) in [7, 11) is 0. The maximum Gasteiger partial charge on any atom is 0.146 e. The van der Waals surface area contributed by atoms with E-state index in [-0.39, 0.29) is 0 Å². The van der Waals surface area contributed by atoms with E-state index in [4.69, 9.17) is 48.9 Å². The van der Waals surface area contributed by atoms with Crippen LogP contribution in [-0.4, -0.2) is 41.5 Å². The SMILES string of the molecule is S=C1S/C(=C2/SC(=S)N(CCc3ccccc3)C2=S)C(=S)N1CCc1ccccc1. The predicted octanol–water partition coefficient (Wildman–Crippen LogP) is 6.01. The molecule has 0 spiro atoms. The molecule has 2 heterocycles. The minimum Gasteiger partial charge on any atom is -0.317 e. The topological polar surface area (TPSA) is 6.48 Å². The first-order valence-corrected chi connectivity index (χ1v) is 12.7. The van der Waals surface area contributed by atoms with Gasteiger partial charge in [-0.3, -0.25) is 0 Å². The number of rotatable bonds is 6. The van der Waals surface area contributed by atoms with Crippen LogP contribution < -0.4 is 0 Å². The molecule has 2 nitrogen and oxygen atoms in total. The Morgan fingerprint density at radius 3 is 1.30 bits per heavy atom. The number of nitrogens with zero attached hydrogens (tertiary/aromatic N) is 2. The lowest BCUT2D eigenvalue weighted by Crippen LogP contribution is -2.30. The molecule has 0 saturated carbocycles. The molecular formula is C22H18N2S6. The van der Waals surface area contributed by atoms with Crippen LogP contribution in [0.4, 0.5) is 0 Å². The van der Waals surface area contributed by atoms with Gasteiger partial charge in [0.1, 0.15) is 18.6 Å². The molecule has 0 bridgehead atoms.